The Hall–Kier alpha value is -3.08. The molecule has 0 fully saturated rings. The summed E-state index contributed by atoms with van der Waals surface area (Å²) < 4.78 is 15.4. The van der Waals surface area contributed by atoms with E-state index in [1.807, 2.05) is 6.07 Å². The zero-order valence-electron chi connectivity index (χ0n) is 13.5. The van der Waals surface area contributed by atoms with Crippen molar-refractivity contribution in [2.75, 3.05) is 13.7 Å². The summed E-state index contributed by atoms with van der Waals surface area (Å²) in [6.45, 7) is 2.06. The maximum absolute atomic E-state index is 12.1. The predicted octanol–water partition coefficient (Wildman–Crippen LogP) is 3.49. The molecule has 0 heterocycles. The van der Waals surface area contributed by atoms with Crippen LogP contribution in [0.1, 0.15) is 22.8 Å². The second-order valence-corrected chi connectivity index (χ2v) is 4.75. The molecule has 0 N–H and O–H groups in total. The van der Waals surface area contributed by atoms with Gasteiger partial charge in [-0.25, -0.2) is 9.59 Å². The molecule has 124 valence electrons. The Morgan fingerprint density at radius 3 is 2.46 bits per heavy atom. The molecule has 24 heavy (non-hydrogen) atoms. The first-order valence-electron chi connectivity index (χ1n) is 7.44. The van der Waals surface area contributed by atoms with Crippen molar-refractivity contribution in [1.29, 1.82) is 0 Å². The molecular weight excluding hydrogens is 308 g/mol. The Morgan fingerprint density at radius 2 is 1.79 bits per heavy atom. The van der Waals surface area contributed by atoms with Gasteiger partial charge in [0.1, 0.15) is 0 Å². The molecule has 0 aromatic heterocycles. The predicted molar refractivity (Wildman–Crippen MR) is 90.1 cm³/mol. The average molecular weight is 326 g/mol. The van der Waals surface area contributed by atoms with Crippen LogP contribution in [-0.2, 0) is 9.53 Å². The number of esters is 2. The van der Waals surface area contributed by atoms with E-state index in [4.69, 9.17) is 14.2 Å². The van der Waals surface area contributed by atoms with E-state index in [0.29, 0.717) is 23.7 Å². The fourth-order valence-corrected chi connectivity index (χ4v) is 1.96. The van der Waals surface area contributed by atoms with Crippen molar-refractivity contribution in [2.24, 2.45) is 0 Å². The zero-order chi connectivity index (χ0) is 17.4. The highest BCUT2D eigenvalue weighted by Gasteiger charge is 2.12. The molecule has 0 amide bonds. The van der Waals surface area contributed by atoms with Crippen molar-refractivity contribution >= 4 is 18.0 Å². The second kappa shape index (κ2) is 8.53. The monoisotopic (exact) mass is 326 g/mol. The number of methoxy groups -OCH3 is 1. The first-order valence-corrected chi connectivity index (χ1v) is 7.44. The van der Waals surface area contributed by atoms with E-state index >= 15 is 0 Å². The summed E-state index contributed by atoms with van der Waals surface area (Å²) in [4.78, 5) is 23.4. The summed E-state index contributed by atoms with van der Waals surface area (Å²) in [5.41, 5.74) is 1.17. The van der Waals surface area contributed by atoms with Gasteiger partial charge in [-0.05, 0) is 42.8 Å². The van der Waals surface area contributed by atoms with Gasteiger partial charge in [0.25, 0.3) is 0 Å². The van der Waals surface area contributed by atoms with Gasteiger partial charge in [0.15, 0.2) is 11.5 Å². The number of carbonyl (C=O) groups is 2. The quantitative estimate of drug-likeness (QED) is 0.462. The Morgan fingerprint density at radius 1 is 1.04 bits per heavy atom. The zero-order valence-corrected chi connectivity index (χ0v) is 13.5. The average Bonchev–Trinajstić information content (AvgIpc) is 2.61. The number of carbonyl (C=O) groups excluding carboxylic acids is 2. The number of rotatable bonds is 6. The molecule has 5 heteroatoms. The van der Waals surface area contributed by atoms with Crippen LogP contribution in [0.3, 0.4) is 0 Å². The van der Waals surface area contributed by atoms with Crippen LogP contribution in [0.5, 0.6) is 11.5 Å². The number of benzene rings is 2. The van der Waals surface area contributed by atoms with Gasteiger partial charge in [0.2, 0.25) is 0 Å². The SMILES string of the molecule is CCOC(=O)/C=C/c1ccc(OC(=O)c2ccccc2)c(OC)c1. The van der Waals surface area contributed by atoms with Crippen LogP contribution < -0.4 is 9.47 Å². The van der Waals surface area contributed by atoms with Crippen LogP contribution in [0.25, 0.3) is 6.08 Å². The molecule has 0 aliphatic rings. The Bertz CT molecular complexity index is 735. The smallest absolute Gasteiger partial charge is 0.343 e. The lowest BCUT2D eigenvalue weighted by Gasteiger charge is -2.10. The lowest BCUT2D eigenvalue weighted by atomic mass is 10.2. The van der Waals surface area contributed by atoms with Gasteiger partial charge < -0.3 is 14.2 Å². The normalized spacial score (nSPS) is 10.4. The van der Waals surface area contributed by atoms with E-state index < -0.39 is 11.9 Å². The third-order valence-corrected chi connectivity index (χ3v) is 3.10. The van der Waals surface area contributed by atoms with Crippen LogP contribution in [0.2, 0.25) is 0 Å². The van der Waals surface area contributed by atoms with Crippen LogP contribution in [-0.4, -0.2) is 25.7 Å². The molecule has 0 saturated carbocycles. The van der Waals surface area contributed by atoms with Crippen molar-refractivity contribution in [3.05, 3.63) is 65.7 Å². The third kappa shape index (κ3) is 4.71. The van der Waals surface area contributed by atoms with Gasteiger partial charge in [-0.2, -0.15) is 0 Å². The molecule has 0 aliphatic carbocycles. The summed E-state index contributed by atoms with van der Waals surface area (Å²) in [7, 11) is 1.48. The minimum absolute atomic E-state index is 0.305. The minimum atomic E-state index is -0.469. The summed E-state index contributed by atoms with van der Waals surface area (Å²) in [5, 5.41) is 0. The fourth-order valence-electron chi connectivity index (χ4n) is 1.96. The largest absolute Gasteiger partial charge is 0.493 e. The van der Waals surface area contributed by atoms with Gasteiger partial charge >= 0.3 is 11.9 Å². The van der Waals surface area contributed by atoms with Crippen molar-refractivity contribution in [2.45, 2.75) is 6.92 Å². The number of hydrogen-bond acceptors (Lipinski definition) is 5. The molecule has 5 nitrogen and oxygen atoms in total. The van der Waals surface area contributed by atoms with Gasteiger partial charge in [0, 0.05) is 6.08 Å². The third-order valence-electron chi connectivity index (χ3n) is 3.10. The van der Waals surface area contributed by atoms with Crippen molar-refractivity contribution in [3.8, 4) is 11.5 Å². The fraction of sp³-hybridized carbons (Fsp3) is 0.158. The lowest BCUT2D eigenvalue weighted by molar-refractivity contribution is -0.137. The molecule has 2 rings (SSSR count). The highest BCUT2D eigenvalue weighted by molar-refractivity contribution is 5.91. The highest BCUT2D eigenvalue weighted by atomic mass is 16.6. The van der Waals surface area contributed by atoms with E-state index in [2.05, 4.69) is 0 Å². The number of hydrogen-bond donors (Lipinski definition) is 0. The lowest BCUT2D eigenvalue weighted by Crippen LogP contribution is -2.09. The van der Waals surface area contributed by atoms with E-state index in [9.17, 15) is 9.59 Å². The van der Waals surface area contributed by atoms with Crippen molar-refractivity contribution in [3.63, 3.8) is 0 Å². The maximum Gasteiger partial charge on any atom is 0.343 e. The molecule has 0 bridgehead atoms. The van der Waals surface area contributed by atoms with E-state index in [1.54, 1.807) is 55.5 Å². The molecule has 0 unspecified atom stereocenters. The van der Waals surface area contributed by atoms with Crippen LogP contribution >= 0.6 is 0 Å². The molecule has 0 radical (unpaired) electrons. The van der Waals surface area contributed by atoms with E-state index in [-0.39, 0.29) is 0 Å². The van der Waals surface area contributed by atoms with Crippen LogP contribution in [0, 0.1) is 0 Å². The maximum atomic E-state index is 12.1. The van der Waals surface area contributed by atoms with E-state index in [0.717, 1.165) is 5.56 Å². The first-order chi connectivity index (χ1) is 11.6. The van der Waals surface area contributed by atoms with Gasteiger partial charge in [-0.1, -0.05) is 24.3 Å². The summed E-state index contributed by atoms with van der Waals surface area (Å²) in [5.74, 6) is -0.190. The summed E-state index contributed by atoms with van der Waals surface area (Å²) in [6.07, 6.45) is 2.93. The number of ether oxygens (including phenoxy) is 3. The highest BCUT2D eigenvalue weighted by Crippen LogP contribution is 2.29. The second-order valence-electron chi connectivity index (χ2n) is 4.75. The van der Waals surface area contributed by atoms with E-state index in [1.165, 1.54) is 13.2 Å². The molecule has 0 aliphatic heterocycles. The summed E-state index contributed by atoms with van der Waals surface area (Å²) >= 11 is 0. The molecule has 2 aromatic carbocycles. The minimum Gasteiger partial charge on any atom is -0.493 e. The molecule has 0 spiro atoms. The first kappa shape index (κ1) is 17.3. The Kier molecular flexibility index (Phi) is 6.14. The topological polar surface area (TPSA) is 61.8 Å². The molecular formula is C19H18O5. The van der Waals surface area contributed by atoms with Crippen LogP contribution in [0.4, 0.5) is 0 Å². The molecule has 2 aromatic rings. The summed E-state index contributed by atoms with van der Waals surface area (Å²) in [6, 6.07) is 13.7. The Balaban J connectivity index is 2.14. The molecule has 0 atom stereocenters. The standard InChI is InChI=1S/C19H18O5/c1-3-23-18(20)12-10-14-9-11-16(17(13-14)22-2)24-19(21)15-7-5-4-6-8-15/h4-13H,3H2,1-2H3/b12-10+. The van der Waals surface area contributed by atoms with Crippen LogP contribution in [0.15, 0.2) is 54.6 Å². The molecule has 0 saturated heterocycles. The van der Waals surface area contributed by atoms with Crippen molar-refractivity contribution < 1.29 is 23.8 Å². The van der Waals surface area contributed by atoms with Gasteiger partial charge in [0.05, 0.1) is 19.3 Å². The van der Waals surface area contributed by atoms with Gasteiger partial charge in [-0.15, -0.1) is 0 Å². The Labute approximate surface area is 140 Å². The van der Waals surface area contributed by atoms with Gasteiger partial charge in [-0.3, -0.25) is 0 Å². The van der Waals surface area contributed by atoms with Crippen molar-refractivity contribution in [1.82, 2.24) is 0 Å².